The minimum Gasteiger partial charge on any atom is -0.492 e. The summed E-state index contributed by atoms with van der Waals surface area (Å²) in [5.41, 5.74) is 8.28. The Kier molecular flexibility index (Phi) is 6.80. The molecule has 0 atom stereocenters. The minimum atomic E-state index is -0.526. The molecule has 0 bridgehead atoms. The van der Waals surface area contributed by atoms with E-state index in [0.717, 1.165) is 19.6 Å². The van der Waals surface area contributed by atoms with Crippen molar-refractivity contribution in [3.05, 3.63) is 64.8 Å². The first-order chi connectivity index (χ1) is 17.4. The summed E-state index contributed by atoms with van der Waals surface area (Å²) in [5, 5.41) is 11.8. The van der Waals surface area contributed by atoms with Crippen molar-refractivity contribution in [2.75, 3.05) is 32.0 Å². The standard InChI is InChI=1S/C25H24ClF2N7O/c1-15-22(36-11-10-34-8-2-3-9-34)7-6-21(23(15)28)35-25(31-32-33-35)18-12-17(14-30-24(18)29)16-4-5-20(27)19(26)13-16/h4-7,12-14H,2-3,8-11H2,1H3,(H2,29,30). The Labute approximate surface area is 211 Å². The molecule has 3 heterocycles. The van der Waals surface area contributed by atoms with E-state index in [1.807, 2.05) is 0 Å². The van der Waals surface area contributed by atoms with E-state index in [2.05, 4.69) is 25.4 Å². The summed E-state index contributed by atoms with van der Waals surface area (Å²) in [6.45, 7) is 5.10. The van der Waals surface area contributed by atoms with Crippen molar-refractivity contribution >= 4 is 17.4 Å². The molecule has 0 spiro atoms. The molecular weight excluding hydrogens is 488 g/mol. The second-order valence-electron chi connectivity index (χ2n) is 8.62. The van der Waals surface area contributed by atoms with Gasteiger partial charge in [-0.2, -0.15) is 4.68 Å². The number of nitrogen functional groups attached to an aromatic ring is 1. The van der Waals surface area contributed by atoms with Crippen LogP contribution in [0.3, 0.4) is 0 Å². The summed E-state index contributed by atoms with van der Waals surface area (Å²) >= 11 is 5.94. The van der Waals surface area contributed by atoms with Gasteiger partial charge in [0.15, 0.2) is 11.6 Å². The highest BCUT2D eigenvalue weighted by molar-refractivity contribution is 6.31. The van der Waals surface area contributed by atoms with Gasteiger partial charge in [0.05, 0.1) is 10.6 Å². The monoisotopic (exact) mass is 511 g/mol. The average Bonchev–Trinajstić information content (AvgIpc) is 3.56. The summed E-state index contributed by atoms with van der Waals surface area (Å²) in [7, 11) is 0. The molecule has 4 aromatic rings. The Hall–Kier alpha value is -3.63. The molecule has 11 heteroatoms. The molecule has 2 aromatic heterocycles. The van der Waals surface area contributed by atoms with Crippen molar-refractivity contribution in [3.8, 4) is 34.0 Å². The molecule has 2 aromatic carbocycles. The van der Waals surface area contributed by atoms with Crippen molar-refractivity contribution in [3.63, 3.8) is 0 Å². The second kappa shape index (κ2) is 10.2. The fourth-order valence-electron chi connectivity index (χ4n) is 4.27. The molecular formula is C25H24ClF2N7O. The number of likely N-dealkylation sites (tertiary alicyclic amines) is 1. The molecule has 1 fully saturated rings. The van der Waals surface area contributed by atoms with Crippen molar-refractivity contribution in [1.29, 1.82) is 0 Å². The number of ether oxygens (including phenoxy) is 1. The van der Waals surface area contributed by atoms with Gasteiger partial charge in [0.2, 0.25) is 0 Å². The lowest BCUT2D eigenvalue weighted by atomic mass is 10.0. The van der Waals surface area contributed by atoms with Gasteiger partial charge in [-0.25, -0.2) is 13.8 Å². The molecule has 36 heavy (non-hydrogen) atoms. The second-order valence-corrected chi connectivity index (χ2v) is 9.03. The number of tetrazole rings is 1. The number of anilines is 1. The number of pyridine rings is 1. The third-order valence-corrected chi connectivity index (χ3v) is 6.58. The van der Waals surface area contributed by atoms with Gasteiger partial charge in [0, 0.05) is 23.9 Å². The van der Waals surface area contributed by atoms with E-state index < -0.39 is 11.6 Å². The van der Waals surface area contributed by atoms with Gasteiger partial charge in [0.25, 0.3) is 0 Å². The SMILES string of the molecule is Cc1c(OCCN2CCCC2)ccc(-n2nnnc2-c2cc(-c3ccc(F)c(Cl)c3)cnc2N)c1F. The molecule has 1 aliphatic heterocycles. The fourth-order valence-corrected chi connectivity index (χ4v) is 4.45. The Morgan fingerprint density at radius 1 is 1.08 bits per heavy atom. The summed E-state index contributed by atoms with van der Waals surface area (Å²) in [6, 6.07) is 9.32. The molecule has 8 nitrogen and oxygen atoms in total. The normalized spacial score (nSPS) is 13.9. The predicted molar refractivity (Wildman–Crippen MR) is 133 cm³/mol. The number of nitrogens with zero attached hydrogens (tertiary/aromatic N) is 6. The third kappa shape index (κ3) is 4.74. The molecule has 0 aliphatic carbocycles. The summed E-state index contributed by atoms with van der Waals surface area (Å²) in [6.07, 6.45) is 3.95. The molecule has 0 radical (unpaired) electrons. The zero-order chi connectivity index (χ0) is 25.2. The van der Waals surface area contributed by atoms with E-state index in [0.29, 0.717) is 34.6 Å². The van der Waals surface area contributed by atoms with Crippen molar-refractivity contribution in [2.45, 2.75) is 19.8 Å². The quantitative estimate of drug-likeness (QED) is 0.384. The number of nitrogens with two attached hydrogens (primary N) is 1. The first-order valence-electron chi connectivity index (χ1n) is 11.6. The lowest BCUT2D eigenvalue weighted by Gasteiger charge is -2.17. The maximum absolute atomic E-state index is 15.5. The van der Waals surface area contributed by atoms with E-state index in [9.17, 15) is 4.39 Å². The summed E-state index contributed by atoms with van der Waals surface area (Å²) in [4.78, 5) is 6.57. The van der Waals surface area contributed by atoms with Gasteiger partial charge in [-0.3, -0.25) is 4.90 Å². The van der Waals surface area contributed by atoms with Crippen LogP contribution in [0.1, 0.15) is 18.4 Å². The smallest absolute Gasteiger partial charge is 0.190 e. The molecule has 2 N–H and O–H groups in total. The van der Waals surface area contributed by atoms with Crippen molar-refractivity contribution in [1.82, 2.24) is 30.1 Å². The van der Waals surface area contributed by atoms with Crippen LogP contribution in [0.5, 0.6) is 5.75 Å². The van der Waals surface area contributed by atoms with Crippen LogP contribution in [-0.2, 0) is 0 Å². The third-order valence-electron chi connectivity index (χ3n) is 6.29. The molecule has 5 rings (SSSR count). The van der Waals surface area contributed by atoms with Gasteiger partial charge in [-0.1, -0.05) is 17.7 Å². The Morgan fingerprint density at radius 3 is 2.67 bits per heavy atom. The number of rotatable bonds is 7. The van der Waals surface area contributed by atoms with Crippen LogP contribution in [0.25, 0.3) is 28.2 Å². The van der Waals surface area contributed by atoms with Crippen LogP contribution >= 0.6 is 11.6 Å². The lowest BCUT2D eigenvalue weighted by molar-refractivity contribution is 0.236. The van der Waals surface area contributed by atoms with Gasteiger partial charge >= 0.3 is 0 Å². The van der Waals surface area contributed by atoms with E-state index in [-0.39, 0.29) is 22.4 Å². The maximum Gasteiger partial charge on any atom is 0.190 e. The molecule has 1 aliphatic rings. The zero-order valence-electron chi connectivity index (χ0n) is 19.6. The number of hydrogen-bond donors (Lipinski definition) is 1. The van der Waals surface area contributed by atoms with Crippen LogP contribution in [0, 0.1) is 18.6 Å². The van der Waals surface area contributed by atoms with Crippen molar-refractivity contribution < 1.29 is 13.5 Å². The Bertz CT molecular complexity index is 1410. The van der Waals surface area contributed by atoms with Crippen LogP contribution in [0.15, 0.2) is 42.6 Å². The Morgan fingerprint density at radius 2 is 1.89 bits per heavy atom. The number of benzene rings is 2. The molecule has 0 saturated carbocycles. The minimum absolute atomic E-state index is 0.0176. The van der Waals surface area contributed by atoms with Crippen LogP contribution in [-0.4, -0.2) is 56.3 Å². The van der Waals surface area contributed by atoms with Crippen LogP contribution in [0.4, 0.5) is 14.6 Å². The van der Waals surface area contributed by atoms with Crippen LogP contribution in [0.2, 0.25) is 5.02 Å². The molecule has 1 saturated heterocycles. The topological polar surface area (TPSA) is 95.0 Å². The number of aromatic nitrogens is 5. The zero-order valence-corrected chi connectivity index (χ0v) is 20.3. The summed E-state index contributed by atoms with van der Waals surface area (Å²) in [5.74, 6) is -0.197. The average molecular weight is 512 g/mol. The van der Waals surface area contributed by atoms with Crippen LogP contribution < -0.4 is 10.5 Å². The maximum atomic E-state index is 15.5. The van der Waals surface area contributed by atoms with E-state index >= 15 is 4.39 Å². The highest BCUT2D eigenvalue weighted by atomic mass is 35.5. The first-order valence-corrected chi connectivity index (χ1v) is 11.9. The van der Waals surface area contributed by atoms with E-state index in [1.54, 1.807) is 31.2 Å². The largest absolute Gasteiger partial charge is 0.492 e. The highest BCUT2D eigenvalue weighted by Gasteiger charge is 2.21. The molecule has 186 valence electrons. The Balaban J connectivity index is 1.44. The van der Waals surface area contributed by atoms with E-state index in [1.165, 1.54) is 35.9 Å². The first kappa shape index (κ1) is 24.1. The fraction of sp³-hybridized carbons (Fsp3) is 0.280. The predicted octanol–water partition coefficient (Wildman–Crippen LogP) is 4.69. The highest BCUT2D eigenvalue weighted by Crippen LogP contribution is 2.32. The number of halogens is 3. The summed E-state index contributed by atoms with van der Waals surface area (Å²) < 4.78 is 36.2. The molecule has 0 unspecified atom stereocenters. The lowest BCUT2D eigenvalue weighted by Crippen LogP contribution is -2.25. The number of hydrogen-bond acceptors (Lipinski definition) is 7. The van der Waals surface area contributed by atoms with Gasteiger partial charge < -0.3 is 10.5 Å². The molecule has 0 amide bonds. The van der Waals surface area contributed by atoms with Crippen molar-refractivity contribution in [2.24, 2.45) is 0 Å². The van der Waals surface area contributed by atoms with Gasteiger partial charge in [-0.05, 0) is 79.2 Å². The van der Waals surface area contributed by atoms with E-state index in [4.69, 9.17) is 22.1 Å². The van der Waals surface area contributed by atoms with Gasteiger partial charge in [-0.15, -0.1) is 5.10 Å². The van der Waals surface area contributed by atoms with Gasteiger partial charge in [0.1, 0.15) is 29.7 Å².